The van der Waals surface area contributed by atoms with Crippen LogP contribution in [0.3, 0.4) is 0 Å². The molecule has 1 aliphatic heterocycles. The minimum atomic E-state index is -0.409. The third kappa shape index (κ3) is 3.52. The van der Waals surface area contributed by atoms with Gasteiger partial charge in [-0.1, -0.05) is 48.0 Å². The molecule has 4 nitrogen and oxygen atoms in total. The van der Waals surface area contributed by atoms with E-state index >= 15 is 0 Å². The highest BCUT2D eigenvalue weighted by Gasteiger charge is 2.35. The molecule has 142 valence electrons. The normalized spacial score (nSPS) is 16.6. The summed E-state index contributed by atoms with van der Waals surface area (Å²) in [6, 6.07) is 17.4. The average molecular weight is 458 g/mol. The lowest BCUT2D eigenvalue weighted by Gasteiger charge is -2.19. The standard InChI is InChI=1S/C22H18BrClN2O2/c1-13-9-17(23)18(24)11-19(13)25-22(28)15-10-21(27)26(12-15)20-8-4-6-14-5-2-3-7-16(14)20/h2-9,11,15H,10,12H2,1H3,(H,25,28)/t15-/m1/s1. The Morgan fingerprint density at radius 1 is 1.18 bits per heavy atom. The van der Waals surface area contributed by atoms with E-state index in [9.17, 15) is 9.59 Å². The molecular weight excluding hydrogens is 440 g/mol. The molecular formula is C22H18BrClN2O2. The first kappa shape index (κ1) is 19.0. The van der Waals surface area contributed by atoms with Crippen molar-refractivity contribution in [1.82, 2.24) is 0 Å². The van der Waals surface area contributed by atoms with Gasteiger partial charge < -0.3 is 10.2 Å². The minimum absolute atomic E-state index is 0.0398. The first-order valence-corrected chi connectivity index (χ1v) is 10.2. The monoisotopic (exact) mass is 456 g/mol. The number of benzene rings is 3. The molecule has 2 amide bonds. The zero-order valence-corrected chi connectivity index (χ0v) is 17.5. The largest absolute Gasteiger partial charge is 0.325 e. The maximum absolute atomic E-state index is 12.8. The highest BCUT2D eigenvalue weighted by atomic mass is 79.9. The van der Waals surface area contributed by atoms with Crippen LogP contribution in [0, 0.1) is 12.8 Å². The van der Waals surface area contributed by atoms with Crippen LogP contribution in [0.4, 0.5) is 11.4 Å². The number of carbonyl (C=O) groups is 2. The van der Waals surface area contributed by atoms with E-state index in [1.54, 1.807) is 11.0 Å². The smallest absolute Gasteiger partial charge is 0.229 e. The molecule has 6 heteroatoms. The second kappa shape index (κ2) is 7.57. The van der Waals surface area contributed by atoms with Crippen molar-refractivity contribution in [2.45, 2.75) is 13.3 Å². The first-order chi connectivity index (χ1) is 13.4. The molecule has 4 rings (SSSR count). The van der Waals surface area contributed by atoms with Crippen LogP contribution in [0.2, 0.25) is 5.02 Å². The van der Waals surface area contributed by atoms with Gasteiger partial charge in [0.15, 0.2) is 0 Å². The van der Waals surface area contributed by atoms with Crippen LogP contribution in [0.5, 0.6) is 0 Å². The van der Waals surface area contributed by atoms with Crippen molar-refractivity contribution in [3.05, 3.63) is 69.7 Å². The Kier molecular flexibility index (Phi) is 5.13. The summed E-state index contributed by atoms with van der Waals surface area (Å²) >= 11 is 9.53. The third-order valence-electron chi connectivity index (χ3n) is 5.08. The lowest BCUT2D eigenvalue weighted by atomic mass is 10.1. The topological polar surface area (TPSA) is 49.4 Å². The molecule has 1 heterocycles. The van der Waals surface area contributed by atoms with Crippen LogP contribution in [0.15, 0.2) is 59.1 Å². The zero-order valence-electron chi connectivity index (χ0n) is 15.2. The number of hydrogen-bond acceptors (Lipinski definition) is 2. The minimum Gasteiger partial charge on any atom is -0.325 e. The molecule has 1 N–H and O–H groups in total. The number of nitrogens with zero attached hydrogens (tertiary/aromatic N) is 1. The van der Waals surface area contributed by atoms with Crippen molar-refractivity contribution >= 4 is 61.5 Å². The van der Waals surface area contributed by atoms with Gasteiger partial charge in [-0.3, -0.25) is 9.59 Å². The summed E-state index contributed by atoms with van der Waals surface area (Å²) in [5, 5.41) is 5.53. The van der Waals surface area contributed by atoms with Crippen molar-refractivity contribution < 1.29 is 9.59 Å². The molecule has 3 aromatic carbocycles. The number of halogens is 2. The van der Waals surface area contributed by atoms with E-state index in [0.29, 0.717) is 17.3 Å². The van der Waals surface area contributed by atoms with Crippen molar-refractivity contribution in [2.24, 2.45) is 5.92 Å². The Hall–Kier alpha value is -2.37. The van der Waals surface area contributed by atoms with Crippen molar-refractivity contribution in [3.63, 3.8) is 0 Å². The van der Waals surface area contributed by atoms with Crippen LogP contribution in [0.1, 0.15) is 12.0 Å². The molecule has 0 unspecified atom stereocenters. The van der Waals surface area contributed by atoms with E-state index in [1.807, 2.05) is 55.5 Å². The number of hydrogen-bond donors (Lipinski definition) is 1. The van der Waals surface area contributed by atoms with Crippen molar-refractivity contribution in [1.29, 1.82) is 0 Å². The first-order valence-electron chi connectivity index (χ1n) is 8.98. The van der Waals surface area contributed by atoms with Crippen LogP contribution >= 0.6 is 27.5 Å². The Balaban J connectivity index is 1.56. The third-order valence-corrected chi connectivity index (χ3v) is 6.28. The van der Waals surface area contributed by atoms with Gasteiger partial charge in [-0.15, -0.1) is 0 Å². The van der Waals surface area contributed by atoms with E-state index in [2.05, 4.69) is 21.2 Å². The summed E-state index contributed by atoms with van der Waals surface area (Å²) in [7, 11) is 0. The number of fused-ring (bicyclic) bond motifs is 1. The van der Waals surface area contributed by atoms with Gasteiger partial charge in [0, 0.05) is 28.5 Å². The average Bonchev–Trinajstić information content (AvgIpc) is 3.07. The number of nitrogens with one attached hydrogen (secondary N) is 1. The fraction of sp³-hybridized carbons (Fsp3) is 0.182. The highest BCUT2D eigenvalue weighted by Crippen LogP contribution is 2.33. The van der Waals surface area contributed by atoms with Crippen LogP contribution in [-0.2, 0) is 9.59 Å². The van der Waals surface area contributed by atoms with E-state index < -0.39 is 5.92 Å². The van der Waals surface area contributed by atoms with Gasteiger partial charge in [0.1, 0.15) is 0 Å². The molecule has 0 bridgehead atoms. The van der Waals surface area contributed by atoms with Crippen LogP contribution < -0.4 is 10.2 Å². The molecule has 1 aliphatic rings. The summed E-state index contributed by atoms with van der Waals surface area (Å²) in [4.78, 5) is 27.2. The number of anilines is 2. The Bertz CT molecular complexity index is 1090. The molecule has 0 radical (unpaired) electrons. The second-order valence-electron chi connectivity index (χ2n) is 6.97. The molecule has 1 fully saturated rings. The summed E-state index contributed by atoms with van der Waals surface area (Å²) in [5.74, 6) is -0.618. The maximum atomic E-state index is 12.8. The molecule has 3 aromatic rings. The van der Waals surface area contributed by atoms with Crippen LogP contribution in [-0.4, -0.2) is 18.4 Å². The maximum Gasteiger partial charge on any atom is 0.229 e. The van der Waals surface area contributed by atoms with Crippen molar-refractivity contribution in [3.8, 4) is 0 Å². The summed E-state index contributed by atoms with van der Waals surface area (Å²) < 4.78 is 0.780. The number of amides is 2. The SMILES string of the molecule is Cc1cc(Br)c(Cl)cc1NC(=O)[C@@H]1CC(=O)N(c2cccc3ccccc23)C1. The molecule has 1 saturated heterocycles. The number of rotatable bonds is 3. The van der Waals surface area contributed by atoms with E-state index in [1.165, 1.54) is 0 Å². The molecule has 28 heavy (non-hydrogen) atoms. The van der Waals surface area contributed by atoms with Gasteiger partial charge in [0.05, 0.1) is 16.6 Å². The van der Waals surface area contributed by atoms with Crippen molar-refractivity contribution in [2.75, 3.05) is 16.8 Å². The van der Waals surface area contributed by atoms with Gasteiger partial charge in [0.2, 0.25) is 11.8 Å². The number of aryl methyl sites for hydroxylation is 1. The highest BCUT2D eigenvalue weighted by molar-refractivity contribution is 9.10. The van der Waals surface area contributed by atoms with E-state index in [4.69, 9.17) is 11.6 Å². The summed E-state index contributed by atoms with van der Waals surface area (Å²) in [5.41, 5.74) is 2.41. The summed E-state index contributed by atoms with van der Waals surface area (Å²) in [6.07, 6.45) is 0.193. The van der Waals surface area contributed by atoms with Crippen LogP contribution in [0.25, 0.3) is 10.8 Å². The number of carbonyl (C=O) groups excluding carboxylic acids is 2. The lowest BCUT2D eigenvalue weighted by Crippen LogP contribution is -2.28. The predicted molar refractivity (Wildman–Crippen MR) is 117 cm³/mol. The van der Waals surface area contributed by atoms with Gasteiger partial charge in [-0.2, -0.15) is 0 Å². The molecule has 1 atom stereocenters. The Morgan fingerprint density at radius 2 is 1.93 bits per heavy atom. The fourth-order valence-corrected chi connectivity index (χ4v) is 4.20. The molecule has 0 spiro atoms. The quantitative estimate of drug-likeness (QED) is 0.560. The fourth-order valence-electron chi connectivity index (χ4n) is 3.58. The predicted octanol–water partition coefficient (Wildman–Crippen LogP) is 5.56. The van der Waals surface area contributed by atoms with Gasteiger partial charge in [-0.05, 0) is 52.0 Å². The van der Waals surface area contributed by atoms with E-state index in [0.717, 1.165) is 26.5 Å². The molecule has 0 aliphatic carbocycles. The van der Waals surface area contributed by atoms with Gasteiger partial charge in [-0.25, -0.2) is 0 Å². The molecule has 0 saturated carbocycles. The van der Waals surface area contributed by atoms with Gasteiger partial charge >= 0.3 is 0 Å². The second-order valence-corrected chi connectivity index (χ2v) is 8.24. The van der Waals surface area contributed by atoms with Gasteiger partial charge in [0.25, 0.3) is 0 Å². The summed E-state index contributed by atoms with van der Waals surface area (Å²) in [6.45, 7) is 2.26. The zero-order chi connectivity index (χ0) is 19.8. The Morgan fingerprint density at radius 3 is 2.75 bits per heavy atom. The Labute approximate surface area is 176 Å². The lowest BCUT2D eigenvalue weighted by molar-refractivity contribution is -0.122. The molecule has 0 aromatic heterocycles. The van der Waals surface area contributed by atoms with E-state index in [-0.39, 0.29) is 18.2 Å².